The van der Waals surface area contributed by atoms with Gasteiger partial charge in [0.15, 0.2) is 0 Å². The summed E-state index contributed by atoms with van der Waals surface area (Å²) >= 11 is 0. The summed E-state index contributed by atoms with van der Waals surface area (Å²) in [5, 5.41) is 3.54. The van der Waals surface area contributed by atoms with E-state index in [1.807, 2.05) is 6.92 Å². The highest BCUT2D eigenvalue weighted by Gasteiger charge is 2.33. The van der Waals surface area contributed by atoms with E-state index in [2.05, 4.69) is 44.8 Å². The Labute approximate surface area is 102 Å². The van der Waals surface area contributed by atoms with Crippen LogP contribution in [0.1, 0.15) is 41.5 Å². The van der Waals surface area contributed by atoms with Crippen LogP contribution in [0, 0.1) is 0 Å². The van der Waals surface area contributed by atoms with Gasteiger partial charge in [0.05, 0.1) is 6.61 Å². The topological polar surface area (TPSA) is 24.5 Å². The first-order valence-electron chi connectivity index (χ1n) is 6.60. The molecule has 0 saturated carbocycles. The Morgan fingerprint density at radius 1 is 1.12 bits per heavy atom. The molecule has 0 aromatic heterocycles. The molecule has 0 aliphatic rings. The molecule has 3 nitrogen and oxygen atoms in total. The Balaban J connectivity index is 4.57. The van der Waals surface area contributed by atoms with Crippen LogP contribution in [-0.4, -0.2) is 49.3 Å². The maximum absolute atomic E-state index is 5.58. The monoisotopic (exact) mass is 230 g/mol. The molecule has 98 valence electrons. The molecule has 1 unspecified atom stereocenters. The van der Waals surface area contributed by atoms with Crippen LogP contribution in [0.2, 0.25) is 0 Å². The van der Waals surface area contributed by atoms with Gasteiger partial charge in [-0.1, -0.05) is 20.8 Å². The zero-order valence-corrected chi connectivity index (χ0v) is 12.0. The smallest absolute Gasteiger partial charge is 0.0637 e. The van der Waals surface area contributed by atoms with Gasteiger partial charge >= 0.3 is 0 Å². The molecule has 0 fully saturated rings. The van der Waals surface area contributed by atoms with Gasteiger partial charge in [0, 0.05) is 18.2 Å². The summed E-state index contributed by atoms with van der Waals surface area (Å²) in [5.41, 5.74) is 0.134. The van der Waals surface area contributed by atoms with Crippen LogP contribution in [0.15, 0.2) is 0 Å². The van der Waals surface area contributed by atoms with Crippen molar-refractivity contribution in [1.29, 1.82) is 0 Å². The van der Waals surface area contributed by atoms with Crippen molar-refractivity contribution in [2.24, 2.45) is 0 Å². The van der Waals surface area contributed by atoms with Crippen molar-refractivity contribution < 1.29 is 4.74 Å². The maximum Gasteiger partial charge on any atom is 0.0637 e. The minimum atomic E-state index is 0.134. The summed E-state index contributed by atoms with van der Waals surface area (Å²) in [5.74, 6) is 0. The van der Waals surface area contributed by atoms with Gasteiger partial charge < -0.3 is 10.1 Å². The second kappa shape index (κ2) is 8.04. The molecule has 0 aliphatic carbocycles. The van der Waals surface area contributed by atoms with Crippen molar-refractivity contribution in [1.82, 2.24) is 10.2 Å². The molecular formula is C13H30N2O. The largest absolute Gasteiger partial charge is 0.380 e. The van der Waals surface area contributed by atoms with Gasteiger partial charge in [-0.2, -0.15) is 0 Å². The summed E-state index contributed by atoms with van der Waals surface area (Å²) < 4.78 is 5.58. The molecule has 0 heterocycles. The molecule has 0 aliphatic heterocycles. The third kappa shape index (κ3) is 4.40. The number of hydrogen-bond acceptors (Lipinski definition) is 3. The Kier molecular flexibility index (Phi) is 7.98. The summed E-state index contributed by atoms with van der Waals surface area (Å²) in [7, 11) is 0. The molecule has 0 spiro atoms. The molecule has 0 radical (unpaired) electrons. The molecule has 0 aromatic carbocycles. The minimum absolute atomic E-state index is 0.134. The molecule has 0 amide bonds. The first kappa shape index (κ1) is 15.9. The van der Waals surface area contributed by atoms with Gasteiger partial charge in [-0.15, -0.1) is 0 Å². The summed E-state index contributed by atoms with van der Waals surface area (Å²) in [6.07, 6.45) is 0. The SMILES string of the molecule is CCNC(COCC)C(C)(C)N(CC)CC. The van der Waals surface area contributed by atoms with E-state index < -0.39 is 0 Å². The lowest BCUT2D eigenvalue weighted by Gasteiger charge is -2.43. The van der Waals surface area contributed by atoms with E-state index in [0.29, 0.717) is 6.04 Å². The number of hydrogen-bond donors (Lipinski definition) is 1. The predicted molar refractivity (Wildman–Crippen MR) is 71.0 cm³/mol. The molecule has 0 aromatic rings. The summed E-state index contributed by atoms with van der Waals surface area (Å²) in [6, 6.07) is 0.386. The predicted octanol–water partition coefficient (Wildman–Crippen LogP) is 2.12. The summed E-state index contributed by atoms with van der Waals surface area (Å²) in [4.78, 5) is 2.49. The number of likely N-dealkylation sites (N-methyl/N-ethyl adjacent to an activating group) is 2. The lowest BCUT2D eigenvalue weighted by molar-refractivity contribution is 0.0343. The van der Waals surface area contributed by atoms with Gasteiger partial charge in [0.25, 0.3) is 0 Å². The molecule has 1 N–H and O–H groups in total. The molecular weight excluding hydrogens is 200 g/mol. The van der Waals surface area contributed by atoms with Gasteiger partial charge in [-0.05, 0) is 40.4 Å². The van der Waals surface area contributed by atoms with E-state index in [1.165, 1.54) is 0 Å². The van der Waals surface area contributed by atoms with Crippen molar-refractivity contribution in [3.63, 3.8) is 0 Å². The van der Waals surface area contributed by atoms with Crippen LogP contribution in [0.5, 0.6) is 0 Å². The lowest BCUT2D eigenvalue weighted by atomic mass is 9.92. The minimum Gasteiger partial charge on any atom is -0.380 e. The van der Waals surface area contributed by atoms with Crippen LogP contribution in [0.3, 0.4) is 0 Å². The Morgan fingerprint density at radius 2 is 1.69 bits per heavy atom. The van der Waals surface area contributed by atoms with Crippen LogP contribution in [-0.2, 0) is 4.74 Å². The zero-order valence-electron chi connectivity index (χ0n) is 12.0. The van der Waals surface area contributed by atoms with Crippen LogP contribution >= 0.6 is 0 Å². The van der Waals surface area contributed by atoms with Crippen molar-refractivity contribution >= 4 is 0 Å². The average Bonchev–Trinajstić information content (AvgIpc) is 2.25. The Morgan fingerprint density at radius 3 is 2.06 bits per heavy atom. The van der Waals surface area contributed by atoms with Crippen molar-refractivity contribution in [2.45, 2.75) is 53.1 Å². The summed E-state index contributed by atoms with van der Waals surface area (Å²) in [6.45, 7) is 18.0. The Hall–Kier alpha value is -0.120. The average molecular weight is 230 g/mol. The molecule has 3 heteroatoms. The normalized spacial score (nSPS) is 14.4. The highest BCUT2D eigenvalue weighted by molar-refractivity contribution is 4.92. The van der Waals surface area contributed by atoms with Gasteiger partial charge in [0.1, 0.15) is 0 Å². The first-order valence-corrected chi connectivity index (χ1v) is 6.60. The maximum atomic E-state index is 5.58. The third-order valence-corrected chi connectivity index (χ3v) is 3.37. The Bertz CT molecular complexity index is 167. The van der Waals surface area contributed by atoms with Crippen molar-refractivity contribution in [2.75, 3.05) is 32.8 Å². The lowest BCUT2D eigenvalue weighted by Crippen LogP contribution is -2.59. The molecule has 0 rings (SSSR count). The van der Waals surface area contributed by atoms with E-state index in [4.69, 9.17) is 4.74 Å². The molecule has 0 saturated heterocycles. The van der Waals surface area contributed by atoms with Crippen molar-refractivity contribution in [3.8, 4) is 0 Å². The highest BCUT2D eigenvalue weighted by Crippen LogP contribution is 2.19. The van der Waals surface area contributed by atoms with Gasteiger partial charge in [0.2, 0.25) is 0 Å². The van der Waals surface area contributed by atoms with E-state index >= 15 is 0 Å². The number of nitrogens with zero attached hydrogens (tertiary/aromatic N) is 1. The molecule has 1 atom stereocenters. The second-order valence-electron chi connectivity index (χ2n) is 4.60. The van der Waals surface area contributed by atoms with Crippen molar-refractivity contribution in [3.05, 3.63) is 0 Å². The zero-order chi connectivity index (χ0) is 12.6. The van der Waals surface area contributed by atoms with Crippen LogP contribution < -0.4 is 5.32 Å². The van der Waals surface area contributed by atoms with E-state index in [9.17, 15) is 0 Å². The number of ether oxygens (including phenoxy) is 1. The van der Waals surface area contributed by atoms with Crippen LogP contribution in [0.25, 0.3) is 0 Å². The first-order chi connectivity index (χ1) is 7.54. The number of rotatable bonds is 9. The molecule has 16 heavy (non-hydrogen) atoms. The van der Waals surface area contributed by atoms with E-state index in [-0.39, 0.29) is 5.54 Å². The fourth-order valence-electron chi connectivity index (χ4n) is 2.25. The second-order valence-corrected chi connectivity index (χ2v) is 4.60. The van der Waals surface area contributed by atoms with Gasteiger partial charge in [-0.3, -0.25) is 4.90 Å². The fourth-order valence-corrected chi connectivity index (χ4v) is 2.25. The quantitative estimate of drug-likeness (QED) is 0.656. The number of nitrogens with one attached hydrogen (secondary N) is 1. The van der Waals surface area contributed by atoms with Crippen LogP contribution in [0.4, 0.5) is 0 Å². The fraction of sp³-hybridized carbons (Fsp3) is 1.00. The van der Waals surface area contributed by atoms with Gasteiger partial charge in [-0.25, -0.2) is 0 Å². The molecule has 0 bridgehead atoms. The third-order valence-electron chi connectivity index (χ3n) is 3.37. The highest BCUT2D eigenvalue weighted by atomic mass is 16.5. The van der Waals surface area contributed by atoms with E-state index in [0.717, 1.165) is 32.8 Å². The standard InChI is InChI=1S/C13H30N2O/c1-7-14-12(11-16-10-4)13(5,6)15(8-2)9-3/h12,14H,7-11H2,1-6H3. The van der Waals surface area contributed by atoms with E-state index in [1.54, 1.807) is 0 Å².